The number of rotatable bonds is 6. The summed E-state index contributed by atoms with van der Waals surface area (Å²) in [4.78, 5) is 12.1. The van der Waals surface area contributed by atoms with E-state index in [1.165, 1.54) is 10.9 Å². The monoisotopic (exact) mass is 375 g/mol. The summed E-state index contributed by atoms with van der Waals surface area (Å²) in [5, 5.41) is 15.1. The molecule has 5 rings (SSSR count). The fourth-order valence-corrected chi connectivity index (χ4v) is 3.51. The van der Waals surface area contributed by atoms with Crippen LogP contribution in [0.15, 0.2) is 48.8 Å². The first kappa shape index (κ1) is 16.8. The van der Waals surface area contributed by atoms with Crippen LogP contribution >= 0.6 is 0 Å². The van der Waals surface area contributed by atoms with Gasteiger partial charge in [-0.15, -0.1) is 0 Å². The van der Waals surface area contributed by atoms with Gasteiger partial charge in [-0.2, -0.15) is 10.1 Å². The highest BCUT2D eigenvalue weighted by atomic mass is 16.5. The molecule has 1 unspecified atom stereocenters. The van der Waals surface area contributed by atoms with Gasteiger partial charge in [0.2, 0.25) is 5.95 Å². The van der Waals surface area contributed by atoms with Gasteiger partial charge in [-0.3, -0.25) is 5.10 Å². The molecule has 0 saturated carbocycles. The van der Waals surface area contributed by atoms with E-state index < -0.39 is 0 Å². The number of benzene rings is 1. The van der Waals surface area contributed by atoms with Gasteiger partial charge in [0, 0.05) is 54.1 Å². The summed E-state index contributed by atoms with van der Waals surface area (Å²) in [5.74, 6) is 2.39. The molecule has 142 valence electrons. The molecular weight excluding hydrogens is 354 g/mol. The fourth-order valence-electron chi connectivity index (χ4n) is 3.51. The van der Waals surface area contributed by atoms with Crippen LogP contribution in [0, 0.1) is 0 Å². The van der Waals surface area contributed by atoms with Crippen LogP contribution in [-0.4, -0.2) is 38.4 Å². The zero-order chi connectivity index (χ0) is 18.8. The zero-order valence-electron chi connectivity index (χ0n) is 15.3. The Labute approximate surface area is 161 Å². The molecule has 0 radical (unpaired) electrons. The lowest BCUT2D eigenvalue weighted by Crippen LogP contribution is -2.05. The molecule has 8 nitrogen and oxygen atoms in total. The number of nitrogens with zero attached hydrogens (tertiary/aromatic N) is 3. The second-order valence-electron chi connectivity index (χ2n) is 6.87. The number of aromatic amines is 2. The molecular formula is C20H21N7O. The van der Waals surface area contributed by atoms with Crippen molar-refractivity contribution in [2.75, 3.05) is 23.8 Å². The number of aromatic nitrogens is 5. The third-order valence-corrected chi connectivity index (χ3v) is 5.00. The molecule has 4 N–H and O–H groups in total. The number of H-pyrrole nitrogens is 2. The van der Waals surface area contributed by atoms with E-state index in [4.69, 9.17) is 4.74 Å². The van der Waals surface area contributed by atoms with E-state index in [1.807, 2.05) is 24.4 Å². The van der Waals surface area contributed by atoms with Crippen molar-refractivity contribution in [3.05, 3.63) is 60.0 Å². The van der Waals surface area contributed by atoms with Crippen LogP contribution < -0.4 is 10.6 Å². The summed E-state index contributed by atoms with van der Waals surface area (Å²) in [6, 6.07) is 12.1. The van der Waals surface area contributed by atoms with Crippen LogP contribution in [0.2, 0.25) is 0 Å². The SMILES string of the molecule is c1cc(CNc2nccc(Nc3cc(C4CCOC4)[nH]n3)n2)c2cc[nH]c2c1. The molecule has 1 atom stereocenters. The van der Waals surface area contributed by atoms with E-state index in [-0.39, 0.29) is 0 Å². The molecule has 4 heterocycles. The standard InChI is InChI=1S/C20H21N7O/c1-2-13(15-4-7-21-16(15)3-1)11-23-20-22-8-5-18(25-20)24-19-10-17(26-27-19)14-6-9-28-12-14/h1-5,7-8,10,14,21H,6,9,11-12H2,(H3,22,23,24,25,26,27). The molecule has 0 spiro atoms. The lowest BCUT2D eigenvalue weighted by atomic mass is 10.1. The molecule has 4 aromatic rings. The Morgan fingerprint density at radius 1 is 1.18 bits per heavy atom. The van der Waals surface area contributed by atoms with Gasteiger partial charge < -0.3 is 20.4 Å². The van der Waals surface area contributed by atoms with Crippen LogP contribution in [0.5, 0.6) is 0 Å². The molecule has 28 heavy (non-hydrogen) atoms. The molecule has 0 amide bonds. The zero-order valence-corrected chi connectivity index (χ0v) is 15.3. The Morgan fingerprint density at radius 2 is 2.18 bits per heavy atom. The second kappa shape index (κ2) is 7.32. The molecule has 1 saturated heterocycles. The van der Waals surface area contributed by atoms with E-state index in [0.29, 0.717) is 24.2 Å². The number of fused-ring (bicyclic) bond motifs is 1. The van der Waals surface area contributed by atoms with Crippen molar-refractivity contribution < 1.29 is 4.74 Å². The van der Waals surface area contributed by atoms with Crippen molar-refractivity contribution >= 4 is 28.5 Å². The third-order valence-electron chi connectivity index (χ3n) is 5.00. The van der Waals surface area contributed by atoms with Gasteiger partial charge >= 0.3 is 0 Å². The maximum atomic E-state index is 5.44. The smallest absolute Gasteiger partial charge is 0.224 e. The number of ether oxygens (including phenoxy) is 1. The van der Waals surface area contributed by atoms with Gasteiger partial charge in [0.05, 0.1) is 6.61 Å². The van der Waals surface area contributed by atoms with Gasteiger partial charge in [-0.25, -0.2) is 4.98 Å². The molecule has 3 aromatic heterocycles. The normalized spacial score (nSPS) is 16.5. The summed E-state index contributed by atoms with van der Waals surface area (Å²) in [5.41, 5.74) is 3.40. The van der Waals surface area contributed by atoms with Crippen molar-refractivity contribution in [3.63, 3.8) is 0 Å². The van der Waals surface area contributed by atoms with E-state index >= 15 is 0 Å². The van der Waals surface area contributed by atoms with Crippen LogP contribution in [0.4, 0.5) is 17.6 Å². The largest absolute Gasteiger partial charge is 0.381 e. The Balaban J connectivity index is 1.26. The van der Waals surface area contributed by atoms with Gasteiger partial charge in [0.1, 0.15) is 5.82 Å². The van der Waals surface area contributed by atoms with Gasteiger partial charge in [0.15, 0.2) is 5.82 Å². The number of hydrogen-bond donors (Lipinski definition) is 4. The minimum Gasteiger partial charge on any atom is -0.381 e. The first-order valence-corrected chi connectivity index (χ1v) is 9.37. The topological polar surface area (TPSA) is 104 Å². The van der Waals surface area contributed by atoms with Crippen molar-refractivity contribution in [2.24, 2.45) is 0 Å². The summed E-state index contributed by atoms with van der Waals surface area (Å²) in [6.45, 7) is 2.20. The van der Waals surface area contributed by atoms with Crippen molar-refractivity contribution in [2.45, 2.75) is 18.9 Å². The Bertz CT molecular complexity index is 1080. The van der Waals surface area contributed by atoms with E-state index in [0.717, 1.165) is 36.7 Å². The van der Waals surface area contributed by atoms with Gasteiger partial charge in [-0.05, 0) is 30.2 Å². The summed E-state index contributed by atoms with van der Waals surface area (Å²) >= 11 is 0. The average molecular weight is 375 g/mol. The predicted molar refractivity (Wildman–Crippen MR) is 108 cm³/mol. The highest BCUT2D eigenvalue weighted by molar-refractivity contribution is 5.83. The molecule has 1 aliphatic rings. The summed E-state index contributed by atoms with van der Waals surface area (Å²) in [6.07, 6.45) is 4.70. The van der Waals surface area contributed by atoms with E-state index in [1.54, 1.807) is 6.20 Å². The maximum absolute atomic E-state index is 5.44. The number of anilines is 3. The number of hydrogen-bond acceptors (Lipinski definition) is 6. The molecule has 0 aliphatic carbocycles. The molecule has 8 heteroatoms. The van der Waals surface area contributed by atoms with Gasteiger partial charge in [0.25, 0.3) is 0 Å². The highest BCUT2D eigenvalue weighted by Crippen LogP contribution is 2.26. The summed E-state index contributed by atoms with van der Waals surface area (Å²) < 4.78 is 5.44. The maximum Gasteiger partial charge on any atom is 0.224 e. The third kappa shape index (κ3) is 3.41. The van der Waals surface area contributed by atoms with E-state index in [2.05, 4.69) is 54.0 Å². The fraction of sp³-hybridized carbons (Fsp3) is 0.250. The van der Waals surface area contributed by atoms with Crippen LogP contribution in [-0.2, 0) is 11.3 Å². The Morgan fingerprint density at radius 3 is 3.11 bits per heavy atom. The highest BCUT2D eigenvalue weighted by Gasteiger charge is 2.20. The first-order chi connectivity index (χ1) is 13.8. The second-order valence-corrected chi connectivity index (χ2v) is 6.87. The first-order valence-electron chi connectivity index (χ1n) is 9.37. The average Bonchev–Trinajstić information content (AvgIpc) is 3.47. The van der Waals surface area contributed by atoms with Crippen molar-refractivity contribution in [1.29, 1.82) is 0 Å². The van der Waals surface area contributed by atoms with Crippen molar-refractivity contribution in [3.8, 4) is 0 Å². The van der Waals surface area contributed by atoms with Crippen LogP contribution in [0.3, 0.4) is 0 Å². The van der Waals surface area contributed by atoms with Crippen LogP contribution in [0.1, 0.15) is 23.6 Å². The van der Waals surface area contributed by atoms with Gasteiger partial charge in [-0.1, -0.05) is 12.1 Å². The molecule has 1 aromatic carbocycles. The van der Waals surface area contributed by atoms with E-state index in [9.17, 15) is 0 Å². The lowest BCUT2D eigenvalue weighted by Gasteiger charge is -2.08. The quantitative estimate of drug-likeness (QED) is 0.411. The minimum absolute atomic E-state index is 0.391. The molecule has 1 aliphatic heterocycles. The Hall–Kier alpha value is -3.39. The molecule has 1 fully saturated rings. The van der Waals surface area contributed by atoms with Crippen molar-refractivity contribution in [1.82, 2.24) is 25.1 Å². The minimum atomic E-state index is 0.391. The van der Waals surface area contributed by atoms with Crippen LogP contribution in [0.25, 0.3) is 10.9 Å². The predicted octanol–water partition coefficient (Wildman–Crippen LogP) is 3.54. The Kier molecular flexibility index (Phi) is 4.38. The molecule has 0 bridgehead atoms. The number of nitrogens with one attached hydrogen (secondary N) is 4. The lowest BCUT2D eigenvalue weighted by molar-refractivity contribution is 0.193. The summed E-state index contributed by atoms with van der Waals surface area (Å²) in [7, 11) is 0.